The standard InChI is InChI=1S/C25H16S/c1-15-14-21-18-10-3-2-8-16(18)17-9-4-5-11-19(17)24(21)25-23(15)20-12-6-7-13-22(20)26-25/h2-14H,1H3. The van der Waals surface area contributed by atoms with Gasteiger partial charge in [0, 0.05) is 25.6 Å². The van der Waals surface area contributed by atoms with Gasteiger partial charge in [-0.2, -0.15) is 0 Å². The van der Waals surface area contributed by atoms with Gasteiger partial charge in [-0.1, -0.05) is 72.8 Å². The van der Waals surface area contributed by atoms with Crippen LogP contribution in [0.1, 0.15) is 5.56 Å². The predicted molar refractivity (Wildman–Crippen MR) is 117 cm³/mol. The van der Waals surface area contributed by atoms with Crippen LogP contribution in [-0.4, -0.2) is 0 Å². The summed E-state index contributed by atoms with van der Waals surface area (Å²) < 4.78 is 2.79. The molecule has 122 valence electrons. The van der Waals surface area contributed by atoms with E-state index in [1.54, 1.807) is 0 Å². The first-order chi connectivity index (χ1) is 12.8. The van der Waals surface area contributed by atoms with Crippen LogP contribution in [0.2, 0.25) is 0 Å². The molecule has 5 aromatic carbocycles. The summed E-state index contributed by atoms with van der Waals surface area (Å²) in [6, 6.07) is 28.9. The highest BCUT2D eigenvalue weighted by molar-refractivity contribution is 7.26. The summed E-state index contributed by atoms with van der Waals surface area (Å²) in [5.74, 6) is 0. The quantitative estimate of drug-likeness (QED) is 0.245. The van der Waals surface area contributed by atoms with E-state index < -0.39 is 0 Å². The number of fused-ring (bicyclic) bond motifs is 10. The summed E-state index contributed by atoms with van der Waals surface area (Å²) in [7, 11) is 0. The molecule has 1 heteroatoms. The fourth-order valence-electron chi connectivity index (χ4n) is 4.46. The summed E-state index contributed by atoms with van der Waals surface area (Å²) >= 11 is 1.93. The Kier molecular flexibility index (Phi) is 2.78. The van der Waals surface area contributed by atoms with Gasteiger partial charge in [0.15, 0.2) is 0 Å². The van der Waals surface area contributed by atoms with Crippen LogP contribution in [0.5, 0.6) is 0 Å². The van der Waals surface area contributed by atoms with Gasteiger partial charge in [0.1, 0.15) is 0 Å². The van der Waals surface area contributed by atoms with Gasteiger partial charge in [0.25, 0.3) is 0 Å². The van der Waals surface area contributed by atoms with Crippen molar-refractivity contribution in [3.63, 3.8) is 0 Å². The fraction of sp³-hybridized carbons (Fsp3) is 0.0400. The zero-order valence-corrected chi connectivity index (χ0v) is 15.2. The van der Waals surface area contributed by atoms with Crippen LogP contribution in [0, 0.1) is 6.92 Å². The highest BCUT2D eigenvalue weighted by Gasteiger charge is 2.15. The maximum absolute atomic E-state index is 2.39. The molecule has 0 saturated heterocycles. The number of aryl methyl sites for hydroxylation is 1. The van der Waals surface area contributed by atoms with Crippen molar-refractivity contribution < 1.29 is 0 Å². The van der Waals surface area contributed by atoms with Gasteiger partial charge in [0.2, 0.25) is 0 Å². The summed E-state index contributed by atoms with van der Waals surface area (Å²) in [6.45, 7) is 2.25. The first kappa shape index (κ1) is 14.3. The van der Waals surface area contributed by atoms with Crippen molar-refractivity contribution in [3.8, 4) is 0 Å². The maximum atomic E-state index is 2.39. The molecule has 0 bridgehead atoms. The Hall–Kier alpha value is -2.90. The topological polar surface area (TPSA) is 0 Å². The highest BCUT2D eigenvalue weighted by Crippen LogP contribution is 2.45. The summed E-state index contributed by atoms with van der Waals surface area (Å²) in [5, 5.41) is 11.0. The Bertz CT molecular complexity index is 1480. The monoisotopic (exact) mass is 348 g/mol. The minimum atomic E-state index is 1.34. The van der Waals surface area contributed by atoms with E-state index in [1.165, 1.54) is 58.1 Å². The number of thiophene rings is 1. The zero-order chi connectivity index (χ0) is 17.3. The Labute approximate surface area is 155 Å². The van der Waals surface area contributed by atoms with E-state index >= 15 is 0 Å². The van der Waals surface area contributed by atoms with E-state index in [9.17, 15) is 0 Å². The molecular weight excluding hydrogens is 332 g/mol. The Balaban J connectivity index is 2.04. The molecule has 0 aliphatic heterocycles. The van der Waals surface area contributed by atoms with Gasteiger partial charge in [-0.25, -0.2) is 0 Å². The van der Waals surface area contributed by atoms with E-state index in [4.69, 9.17) is 0 Å². The van der Waals surface area contributed by atoms with Gasteiger partial charge in [-0.15, -0.1) is 11.3 Å². The van der Waals surface area contributed by atoms with Crippen molar-refractivity contribution in [2.45, 2.75) is 6.92 Å². The molecule has 0 aliphatic rings. The van der Waals surface area contributed by atoms with Crippen LogP contribution in [0.4, 0.5) is 0 Å². The lowest BCUT2D eigenvalue weighted by atomic mass is 9.92. The van der Waals surface area contributed by atoms with Crippen molar-refractivity contribution in [3.05, 3.63) is 84.4 Å². The molecule has 0 N–H and O–H groups in total. The molecule has 0 radical (unpaired) electrons. The predicted octanol–water partition coefficient (Wildman–Crippen LogP) is 7.82. The second-order valence-electron chi connectivity index (χ2n) is 7.01. The Morgan fingerprint density at radius 2 is 1.08 bits per heavy atom. The molecule has 0 spiro atoms. The van der Waals surface area contributed by atoms with Crippen molar-refractivity contribution in [1.82, 2.24) is 0 Å². The van der Waals surface area contributed by atoms with E-state index in [1.807, 2.05) is 11.3 Å². The third-order valence-electron chi connectivity index (χ3n) is 5.55. The number of rotatable bonds is 0. The zero-order valence-electron chi connectivity index (χ0n) is 14.4. The maximum Gasteiger partial charge on any atom is 0.0442 e. The summed E-state index contributed by atoms with van der Waals surface area (Å²) in [6.07, 6.45) is 0. The largest absolute Gasteiger partial charge is 0.134 e. The molecule has 0 fully saturated rings. The van der Waals surface area contributed by atoms with Crippen LogP contribution in [0.15, 0.2) is 78.9 Å². The molecule has 6 aromatic rings. The molecule has 1 heterocycles. The second-order valence-corrected chi connectivity index (χ2v) is 8.06. The summed E-state index contributed by atoms with van der Waals surface area (Å²) in [4.78, 5) is 0. The molecule has 0 unspecified atom stereocenters. The Morgan fingerprint density at radius 3 is 1.81 bits per heavy atom. The molecule has 0 saturated carbocycles. The van der Waals surface area contributed by atoms with E-state index in [0.29, 0.717) is 0 Å². The average Bonchev–Trinajstić information content (AvgIpc) is 3.08. The smallest absolute Gasteiger partial charge is 0.0442 e. The highest BCUT2D eigenvalue weighted by atomic mass is 32.1. The fourth-order valence-corrected chi connectivity index (χ4v) is 5.81. The second kappa shape index (κ2) is 5.06. The van der Waals surface area contributed by atoms with Gasteiger partial charge in [0.05, 0.1) is 0 Å². The van der Waals surface area contributed by atoms with Crippen LogP contribution in [0.3, 0.4) is 0 Å². The minimum Gasteiger partial charge on any atom is -0.134 e. The van der Waals surface area contributed by atoms with E-state index in [0.717, 1.165) is 0 Å². The van der Waals surface area contributed by atoms with E-state index in [-0.39, 0.29) is 0 Å². The van der Waals surface area contributed by atoms with Crippen LogP contribution in [0.25, 0.3) is 52.5 Å². The van der Waals surface area contributed by atoms with Gasteiger partial charge < -0.3 is 0 Å². The van der Waals surface area contributed by atoms with Crippen molar-refractivity contribution in [2.75, 3.05) is 0 Å². The molecule has 0 amide bonds. The van der Waals surface area contributed by atoms with Crippen LogP contribution >= 0.6 is 11.3 Å². The third-order valence-corrected chi connectivity index (χ3v) is 6.74. The lowest BCUT2D eigenvalue weighted by molar-refractivity contribution is 1.58. The van der Waals surface area contributed by atoms with Crippen LogP contribution < -0.4 is 0 Å². The normalized spacial score (nSPS) is 12.0. The molecule has 26 heavy (non-hydrogen) atoms. The minimum absolute atomic E-state index is 1.34. The van der Waals surface area contributed by atoms with Gasteiger partial charge in [-0.3, -0.25) is 0 Å². The lowest BCUT2D eigenvalue weighted by Crippen LogP contribution is -1.85. The molecule has 0 aliphatic carbocycles. The van der Waals surface area contributed by atoms with Crippen molar-refractivity contribution in [2.24, 2.45) is 0 Å². The number of benzene rings is 5. The lowest BCUT2D eigenvalue weighted by Gasteiger charge is -2.12. The van der Waals surface area contributed by atoms with Crippen molar-refractivity contribution >= 4 is 63.8 Å². The number of hydrogen-bond acceptors (Lipinski definition) is 1. The van der Waals surface area contributed by atoms with Crippen molar-refractivity contribution in [1.29, 1.82) is 0 Å². The SMILES string of the molecule is Cc1cc2c3ccccc3c3ccccc3c2c2sc3ccccc3c12. The van der Waals surface area contributed by atoms with E-state index in [2.05, 4.69) is 85.8 Å². The molecular formula is C25H16S. The third kappa shape index (κ3) is 1.73. The first-order valence-electron chi connectivity index (χ1n) is 8.97. The average molecular weight is 348 g/mol. The Morgan fingerprint density at radius 1 is 0.538 bits per heavy atom. The van der Waals surface area contributed by atoms with Gasteiger partial charge in [-0.05, 0) is 45.5 Å². The molecule has 6 rings (SSSR count). The van der Waals surface area contributed by atoms with Crippen LogP contribution in [-0.2, 0) is 0 Å². The van der Waals surface area contributed by atoms with Gasteiger partial charge >= 0.3 is 0 Å². The summed E-state index contributed by atoms with van der Waals surface area (Å²) in [5.41, 5.74) is 1.37. The number of hydrogen-bond donors (Lipinski definition) is 0. The first-order valence-corrected chi connectivity index (χ1v) is 9.78. The molecule has 0 atom stereocenters. The molecule has 1 aromatic heterocycles. The molecule has 0 nitrogen and oxygen atoms in total.